The van der Waals surface area contributed by atoms with Crippen molar-refractivity contribution in [2.75, 3.05) is 37.8 Å². The molecule has 5 N–H and O–H groups in total. The molecule has 0 amide bonds. The molecule has 1 atom stereocenters. The summed E-state index contributed by atoms with van der Waals surface area (Å²) in [6.45, 7) is 3.46. The van der Waals surface area contributed by atoms with E-state index in [2.05, 4.69) is 35.7 Å². The van der Waals surface area contributed by atoms with E-state index in [4.69, 9.17) is 4.98 Å². The van der Waals surface area contributed by atoms with Crippen LogP contribution in [0.15, 0.2) is 73.1 Å². The fraction of sp³-hybridized carbons (Fsp3) is 0.219. The zero-order valence-electron chi connectivity index (χ0n) is 23.7. The summed E-state index contributed by atoms with van der Waals surface area (Å²) in [6.07, 6.45) is 3.35. The zero-order valence-corrected chi connectivity index (χ0v) is 23.7. The molecular formula is C32H33FN8O. The highest BCUT2D eigenvalue weighted by Crippen LogP contribution is 2.35. The van der Waals surface area contributed by atoms with Crippen molar-refractivity contribution in [3.63, 3.8) is 0 Å². The highest BCUT2D eigenvalue weighted by Gasteiger charge is 2.16. The highest BCUT2D eigenvalue weighted by atomic mass is 19.1. The second-order valence-electron chi connectivity index (χ2n) is 10.6. The summed E-state index contributed by atoms with van der Waals surface area (Å²) < 4.78 is 14.7. The van der Waals surface area contributed by atoms with Crippen LogP contribution in [0.2, 0.25) is 0 Å². The number of aliphatic hydroxyl groups is 1. The van der Waals surface area contributed by atoms with Crippen molar-refractivity contribution in [1.29, 1.82) is 0 Å². The van der Waals surface area contributed by atoms with Crippen molar-refractivity contribution in [1.82, 2.24) is 30.0 Å². The Morgan fingerprint density at radius 2 is 1.83 bits per heavy atom. The number of aliphatic hydroxyl groups excluding tert-OH is 1. The Labute approximate surface area is 242 Å². The minimum absolute atomic E-state index is 0.291. The smallest absolute Gasteiger partial charge is 0.135 e. The number of rotatable bonds is 10. The second kappa shape index (κ2) is 11.6. The van der Waals surface area contributed by atoms with Gasteiger partial charge in [0.25, 0.3) is 0 Å². The van der Waals surface area contributed by atoms with Crippen molar-refractivity contribution >= 4 is 33.3 Å². The van der Waals surface area contributed by atoms with Gasteiger partial charge in [-0.25, -0.2) is 9.37 Å². The molecule has 42 heavy (non-hydrogen) atoms. The first-order chi connectivity index (χ1) is 20.4. The van der Waals surface area contributed by atoms with Crippen LogP contribution in [-0.4, -0.2) is 68.6 Å². The van der Waals surface area contributed by atoms with Gasteiger partial charge in [-0.3, -0.25) is 10.1 Å². The van der Waals surface area contributed by atoms with Gasteiger partial charge in [0.05, 0.1) is 28.8 Å². The number of likely N-dealkylation sites (N-methyl/N-ethyl adjacent to an activating group) is 1. The van der Waals surface area contributed by atoms with Gasteiger partial charge in [0.15, 0.2) is 0 Å². The number of nitrogens with one attached hydrogen (secondary N) is 4. The molecule has 0 saturated heterocycles. The van der Waals surface area contributed by atoms with E-state index in [1.807, 2.05) is 69.6 Å². The van der Waals surface area contributed by atoms with Crippen molar-refractivity contribution in [2.45, 2.75) is 19.6 Å². The number of aromatic amines is 2. The Kier molecular flexibility index (Phi) is 7.56. The summed E-state index contributed by atoms with van der Waals surface area (Å²) in [5.41, 5.74) is 8.63. The van der Waals surface area contributed by atoms with E-state index < -0.39 is 6.23 Å². The van der Waals surface area contributed by atoms with E-state index in [-0.39, 0.29) is 5.82 Å². The molecule has 0 saturated carbocycles. The minimum atomic E-state index is -0.650. The number of anilines is 2. The lowest BCUT2D eigenvalue weighted by Gasteiger charge is -2.13. The number of aromatic nitrogens is 5. The standard InChI is InChI=1S/C32H33FN8O/c1-4-30(42)36-23-14-20(17-34-18-23)26-8-9-28-31(38-26)32(40-39-28)29-16-25-24(6-5-7-27(25)37-29)19-12-21(33)15-22(13-19)35-10-11-41(2)3/h5-9,12-18,30,35-37,42H,4,10-11H2,1-3H3,(H,39,40). The maximum Gasteiger partial charge on any atom is 0.135 e. The van der Waals surface area contributed by atoms with Gasteiger partial charge in [0.1, 0.15) is 23.3 Å². The van der Waals surface area contributed by atoms with Gasteiger partial charge in [0.2, 0.25) is 0 Å². The van der Waals surface area contributed by atoms with E-state index in [0.29, 0.717) is 29.9 Å². The fourth-order valence-corrected chi connectivity index (χ4v) is 5.01. The van der Waals surface area contributed by atoms with Crippen LogP contribution < -0.4 is 10.6 Å². The first kappa shape index (κ1) is 27.4. The van der Waals surface area contributed by atoms with Gasteiger partial charge in [-0.05, 0) is 80.2 Å². The third kappa shape index (κ3) is 5.67. The lowest BCUT2D eigenvalue weighted by atomic mass is 10.0. The molecule has 6 aromatic rings. The Morgan fingerprint density at radius 1 is 0.976 bits per heavy atom. The SMILES string of the molecule is CCC(O)Nc1cncc(-c2ccc3[nH]nc(-c4cc5c(-c6cc(F)cc(NCCN(C)C)c6)cccc5[nH]4)c3n2)c1. The number of H-pyrrole nitrogens is 2. The maximum absolute atomic E-state index is 14.7. The predicted molar refractivity (Wildman–Crippen MR) is 167 cm³/mol. The molecule has 0 aliphatic carbocycles. The molecule has 10 heteroatoms. The van der Waals surface area contributed by atoms with Crippen molar-refractivity contribution in [2.24, 2.45) is 0 Å². The summed E-state index contributed by atoms with van der Waals surface area (Å²) in [5, 5.41) is 25.0. The number of benzene rings is 2. The monoisotopic (exact) mass is 564 g/mol. The van der Waals surface area contributed by atoms with Gasteiger partial charge in [0, 0.05) is 41.4 Å². The lowest BCUT2D eigenvalue weighted by molar-refractivity contribution is 0.199. The van der Waals surface area contributed by atoms with Crippen LogP contribution in [0.5, 0.6) is 0 Å². The molecule has 0 spiro atoms. The lowest BCUT2D eigenvalue weighted by Crippen LogP contribution is -2.20. The Morgan fingerprint density at radius 3 is 2.67 bits per heavy atom. The summed E-state index contributed by atoms with van der Waals surface area (Å²) in [6, 6.07) is 18.8. The molecule has 4 aromatic heterocycles. The van der Waals surface area contributed by atoms with Crippen LogP contribution in [-0.2, 0) is 0 Å². The van der Waals surface area contributed by atoms with Crippen molar-refractivity contribution in [3.05, 3.63) is 78.9 Å². The Balaban J connectivity index is 1.36. The van der Waals surface area contributed by atoms with Crippen LogP contribution in [0.25, 0.3) is 55.7 Å². The fourth-order valence-electron chi connectivity index (χ4n) is 5.01. The van der Waals surface area contributed by atoms with E-state index in [9.17, 15) is 9.50 Å². The molecule has 9 nitrogen and oxygen atoms in total. The second-order valence-corrected chi connectivity index (χ2v) is 10.6. The average molecular weight is 565 g/mol. The first-order valence-electron chi connectivity index (χ1n) is 13.9. The number of fused-ring (bicyclic) bond motifs is 2. The van der Waals surface area contributed by atoms with E-state index in [1.54, 1.807) is 18.5 Å². The molecular weight excluding hydrogens is 531 g/mol. The van der Waals surface area contributed by atoms with Gasteiger partial charge in [-0.2, -0.15) is 5.10 Å². The summed E-state index contributed by atoms with van der Waals surface area (Å²) in [7, 11) is 4.02. The van der Waals surface area contributed by atoms with Crippen LogP contribution in [0.4, 0.5) is 15.8 Å². The molecule has 0 aliphatic heterocycles. The minimum Gasteiger partial charge on any atom is -0.384 e. The normalized spacial score (nSPS) is 12.3. The van der Waals surface area contributed by atoms with E-state index in [1.165, 1.54) is 6.07 Å². The third-order valence-electron chi connectivity index (χ3n) is 7.18. The maximum atomic E-state index is 14.7. The molecule has 0 aliphatic rings. The van der Waals surface area contributed by atoms with Gasteiger partial charge >= 0.3 is 0 Å². The van der Waals surface area contributed by atoms with Crippen LogP contribution in [0.1, 0.15) is 13.3 Å². The number of halogens is 1. The quantitative estimate of drug-likeness (QED) is 0.128. The molecule has 0 bridgehead atoms. The number of hydrogen-bond donors (Lipinski definition) is 5. The molecule has 2 aromatic carbocycles. The predicted octanol–water partition coefficient (Wildman–Crippen LogP) is 6.09. The molecule has 6 rings (SSSR count). The molecule has 0 radical (unpaired) electrons. The summed E-state index contributed by atoms with van der Waals surface area (Å²) in [4.78, 5) is 14.8. The van der Waals surface area contributed by atoms with E-state index in [0.717, 1.165) is 56.7 Å². The van der Waals surface area contributed by atoms with Gasteiger partial charge in [-0.15, -0.1) is 0 Å². The zero-order chi connectivity index (χ0) is 29.2. The largest absolute Gasteiger partial charge is 0.384 e. The van der Waals surface area contributed by atoms with Gasteiger partial charge in [-0.1, -0.05) is 19.1 Å². The molecule has 0 fully saturated rings. The van der Waals surface area contributed by atoms with Crippen molar-refractivity contribution in [3.8, 4) is 33.8 Å². The summed E-state index contributed by atoms with van der Waals surface area (Å²) >= 11 is 0. The number of pyridine rings is 2. The summed E-state index contributed by atoms with van der Waals surface area (Å²) in [5.74, 6) is -0.291. The van der Waals surface area contributed by atoms with Gasteiger partial charge < -0.3 is 25.6 Å². The van der Waals surface area contributed by atoms with E-state index >= 15 is 0 Å². The number of hydrogen-bond acceptors (Lipinski definition) is 7. The molecule has 4 heterocycles. The van der Waals surface area contributed by atoms with Crippen molar-refractivity contribution < 1.29 is 9.50 Å². The Bertz CT molecular complexity index is 1860. The molecule has 214 valence electrons. The number of nitrogens with zero attached hydrogens (tertiary/aromatic N) is 4. The van der Waals surface area contributed by atoms with Crippen LogP contribution in [0.3, 0.4) is 0 Å². The topological polar surface area (TPSA) is 118 Å². The van der Waals surface area contributed by atoms with Crippen LogP contribution in [0, 0.1) is 5.82 Å². The van der Waals surface area contributed by atoms with Crippen LogP contribution >= 0.6 is 0 Å². The Hall–Kier alpha value is -4.80. The average Bonchev–Trinajstić information content (AvgIpc) is 3.60. The third-order valence-corrected chi connectivity index (χ3v) is 7.18. The molecule has 1 unspecified atom stereocenters. The first-order valence-corrected chi connectivity index (χ1v) is 13.9. The highest BCUT2D eigenvalue weighted by molar-refractivity contribution is 6.00.